The number of nitrogens with zero attached hydrogens (tertiary/aromatic N) is 2. The van der Waals surface area contributed by atoms with Crippen LogP contribution >= 0.6 is 0 Å². The van der Waals surface area contributed by atoms with Crippen LogP contribution < -0.4 is 0 Å². The highest BCUT2D eigenvalue weighted by atomic mass is 16.5. The highest BCUT2D eigenvalue weighted by Gasteiger charge is 2.05. The molecule has 0 N–H and O–H groups in total. The number of hydrogen-bond acceptors (Lipinski definition) is 4. The average Bonchev–Trinajstić information content (AvgIpc) is 2.54. The number of fused-ring (bicyclic) bond motifs is 1. The minimum Gasteiger partial charge on any atom is -0.469 e. The first-order chi connectivity index (χ1) is 10.7. The van der Waals surface area contributed by atoms with E-state index in [0.29, 0.717) is 19.3 Å². The molecule has 0 radical (unpaired) electrons. The smallest absolute Gasteiger partial charge is 0.305 e. The predicted octanol–water partition coefficient (Wildman–Crippen LogP) is 3.28. The molecule has 1 heterocycles. The van der Waals surface area contributed by atoms with Gasteiger partial charge in [0.1, 0.15) is 11.5 Å². The second-order valence-corrected chi connectivity index (χ2v) is 4.99. The molecule has 114 valence electrons. The Morgan fingerprint density at radius 1 is 1.27 bits per heavy atom. The maximum atomic E-state index is 11.0. The lowest BCUT2D eigenvalue weighted by atomic mass is 10.1. The van der Waals surface area contributed by atoms with Crippen molar-refractivity contribution in [2.45, 2.75) is 39.0 Å². The molecule has 0 unspecified atom stereocenters. The normalized spacial score (nSPS) is 10.1. The summed E-state index contributed by atoms with van der Waals surface area (Å²) in [7, 11) is 1.40. The van der Waals surface area contributed by atoms with E-state index in [1.54, 1.807) is 0 Å². The molecule has 1 aromatic carbocycles. The van der Waals surface area contributed by atoms with Crippen molar-refractivity contribution in [1.82, 2.24) is 9.97 Å². The van der Waals surface area contributed by atoms with Crippen molar-refractivity contribution < 1.29 is 9.53 Å². The Balaban J connectivity index is 2.17. The van der Waals surface area contributed by atoms with Crippen LogP contribution in [0, 0.1) is 11.8 Å². The van der Waals surface area contributed by atoms with Gasteiger partial charge in [-0.15, -0.1) is 0 Å². The number of esters is 1. The minimum atomic E-state index is -0.195. The molecule has 4 heteroatoms. The lowest BCUT2D eigenvalue weighted by Crippen LogP contribution is -1.99. The number of unbranched alkanes of at least 4 members (excludes halogenated alkanes) is 1. The van der Waals surface area contributed by atoms with Crippen molar-refractivity contribution in [2.75, 3.05) is 7.11 Å². The fourth-order valence-electron chi connectivity index (χ4n) is 2.12. The molecule has 0 aliphatic rings. The summed E-state index contributed by atoms with van der Waals surface area (Å²) < 4.78 is 4.61. The number of ether oxygens (including phenoxy) is 1. The first-order valence-corrected chi connectivity index (χ1v) is 7.56. The molecule has 0 saturated heterocycles. The lowest BCUT2D eigenvalue weighted by Gasteiger charge is -2.03. The molecule has 0 bridgehead atoms. The van der Waals surface area contributed by atoms with Crippen LogP contribution in [-0.2, 0) is 16.0 Å². The van der Waals surface area contributed by atoms with Crippen molar-refractivity contribution in [3.63, 3.8) is 0 Å². The number of hydrogen-bond donors (Lipinski definition) is 0. The van der Waals surface area contributed by atoms with Crippen LogP contribution in [0.3, 0.4) is 0 Å². The molecule has 0 fully saturated rings. The zero-order valence-electron chi connectivity index (χ0n) is 13.1. The van der Waals surface area contributed by atoms with Gasteiger partial charge in [0.25, 0.3) is 0 Å². The van der Waals surface area contributed by atoms with Crippen molar-refractivity contribution in [3.05, 3.63) is 35.8 Å². The van der Waals surface area contributed by atoms with Gasteiger partial charge in [0, 0.05) is 24.6 Å². The first kappa shape index (κ1) is 16.0. The van der Waals surface area contributed by atoms with Crippen molar-refractivity contribution in [1.29, 1.82) is 0 Å². The molecule has 0 spiro atoms. The minimum absolute atomic E-state index is 0.195. The van der Waals surface area contributed by atoms with Crippen LogP contribution in [0.5, 0.6) is 0 Å². The first-order valence-electron chi connectivity index (χ1n) is 7.56. The third kappa shape index (κ3) is 4.29. The largest absolute Gasteiger partial charge is 0.469 e. The van der Waals surface area contributed by atoms with E-state index in [-0.39, 0.29) is 5.97 Å². The van der Waals surface area contributed by atoms with Crippen molar-refractivity contribution >= 4 is 16.9 Å². The van der Waals surface area contributed by atoms with E-state index in [1.807, 2.05) is 24.3 Å². The van der Waals surface area contributed by atoms with E-state index in [1.165, 1.54) is 7.11 Å². The summed E-state index contributed by atoms with van der Waals surface area (Å²) >= 11 is 0. The number of aromatic nitrogens is 2. The van der Waals surface area contributed by atoms with Crippen LogP contribution in [0.2, 0.25) is 0 Å². The van der Waals surface area contributed by atoms with Gasteiger partial charge in [-0.1, -0.05) is 25.0 Å². The number of benzene rings is 1. The number of methoxy groups -OCH3 is 1. The molecule has 2 rings (SSSR count). The quantitative estimate of drug-likeness (QED) is 0.483. The molecule has 0 aliphatic carbocycles. The summed E-state index contributed by atoms with van der Waals surface area (Å²) in [5.41, 5.74) is 1.70. The van der Waals surface area contributed by atoms with Gasteiger partial charge in [-0.2, -0.15) is 0 Å². The van der Waals surface area contributed by atoms with Gasteiger partial charge < -0.3 is 4.74 Å². The van der Waals surface area contributed by atoms with E-state index in [0.717, 1.165) is 35.3 Å². The number of carbonyl (C=O) groups is 1. The SMILES string of the molecule is CCCc1nc(C#CCCCC(=O)OC)c2ccccc2n1. The van der Waals surface area contributed by atoms with Crippen LogP contribution in [0.4, 0.5) is 0 Å². The molecular formula is C18H20N2O2. The topological polar surface area (TPSA) is 52.1 Å². The lowest BCUT2D eigenvalue weighted by molar-refractivity contribution is -0.140. The number of aryl methyl sites for hydroxylation is 1. The van der Waals surface area contributed by atoms with E-state index in [2.05, 4.69) is 33.5 Å². The summed E-state index contributed by atoms with van der Waals surface area (Å²) in [5, 5.41) is 0.975. The third-order valence-corrected chi connectivity index (χ3v) is 3.24. The number of carbonyl (C=O) groups excluding carboxylic acids is 1. The van der Waals surface area contributed by atoms with Crippen LogP contribution in [-0.4, -0.2) is 23.0 Å². The van der Waals surface area contributed by atoms with E-state index < -0.39 is 0 Å². The number of rotatable bonds is 5. The fraction of sp³-hybridized carbons (Fsp3) is 0.389. The van der Waals surface area contributed by atoms with Gasteiger partial charge in [0.05, 0.1) is 12.6 Å². The van der Waals surface area contributed by atoms with E-state index in [9.17, 15) is 4.79 Å². The fourth-order valence-corrected chi connectivity index (χ4v) is 2.12. The molecule has 22 heavy (non-hydrogen) atoms. The predicted molar refractivity (Wildman–Crippen MR) is 86.3 cm³/mol. The van der Waals surface area contributed by atoms with Gasteiger partial charge in [-0.25, -0.2) is 9.97 Å². The second kappa shape index (κ2) is 8.14. The Morgan fingerprint density at radius 3 is 2.86 bits per heavy atom. The molecule has 4 nitrogen and oxygen atoms in total. The third-order valence-electron chi connectivity index (χ3n) is 3.24. The molecule has 0 saturated carbocycles. The summed E-state index contributed by atoms with van der Waals surface area (Å²) in [6.07, 6.45) is 3.60. The Bertz CT molecular complexity index is 714. The van der Waals surface area contributed by atoms with Gasteiger partial charge in [-0.05, 0) is 30.9 Å². The van der Waals surface area contributed by atoms with Gasteiger partial charge in [0.15, 0.2) is 0 Å². The maximum absolute atomic E-state index is 11.0. The molecular weight excluding hydrogens is 276 g/mol. The van der Waals surface area contributed by atoms with Crippen molar-refractivity contribution in [3.8, 4) is 11.8 Å². The van der Waals surface area contributed by atoms with Crippen LogP contribution in [0.25, 0.3) is 10.9 Å². The Labute approximate surface area is 130 Å². The monoisotopic (exact) mass is 296 g/mol. The van der Waals surface area contributed by atoms with Crippen molar-refractivity contribution in [2.24, 2.45) is 0 Å². The molecule has 0 aliphatic heterocycles. The molecule has 2 aromatic rings. The molecule has 0 atom stereocenters. The zero-order valence-corrected chi connectivity index (χ0v) is 13.1. The van der Waals surface area contributed by atoms with E-state index >= 15 is 0 Å². The summed E-state index contributed by atoms with van der Waals surface area (Å²) in [5.74, 6) is 6.86. The van der Waals surface area contributed by atoms with Gasteiger partial charge in [-0.3, -0.25) is 4.79 Å². The van der Waals surface area contributed by atoms with Gasteiger partial charge >= 0.3 is 5.97 Å². The number of para-hydroxylation sites is 1. The van der Waals surface area contributed by atoms with Crippen LogP contribution in [0.1, 0.15) is 44.1 Å². The average molecular weight is 296 g/mol. The van der Waals surface area contributed by atoms with Gasteiger partial charge in [0.2, 0.25) is 0 Å². The standard InChI is InChI=1S/C18H20N2O2/c1-3-9-17-19-15(11-5-4-6-13-18(21)22-2)14-10-7-8-12-16(14)20-17/h7-8,10,12H,3-4,6,9,13H2,1-2H3. The summed E-state index contributed by atoms with van der Waals surface area (Å²) in [6.45, 7) is 2.11. The Kier molecular flexibility index (Phi) is 5.91. The van der Waals surface area contributed by atoms with Crippen LogP contribution in [0.15, 0.2) is 24.3 Å². The second-order valence-electron chi connectivity index (χ2n) is 4.99. The molecule has 1 aromatic heterocycles. The Morgan fingerprint density at radius 2 is 2.09 bits per heavy atom. The highest BCUT2D eigenvalue weighted by molar-refractivity contribution is 5.83. The molecule has 0 amide bonds. The van der Waals surface area contributed by atoms with E-state index in [4.69, 9.17) is 0 Å². The highest BCUT2D eigenvalue weighted by Crippen LogP contribution is 2.15. The summed E-state index contributed by atoms with van der Waals surface area (Å²) in [4.78, 5) is 20.2. The summed E-state index contributed by atoms with van der Waals surface area (Å²) in [6, 6.07) is 7.91. The zero-order chi connectivity index (χ0) is 15.8. The Hall–Kier alpha value is -2.41. The maximum Gasteiger partial charge on any atom is 0.305 e.